The maximum atomic E-state index is 13.2. The summed E-state index contributed by atoms with van der Waals surface area (Å²) in [6.45, 7) is 5.69. The average Bonchev–Trinajstić information content (AvgIpc) is 3.30. The first-order valence-electron chi connectivity index (χ1n) is 11.1. The second-order valence-corrected chi connectivity index (χ2v) is 11.1. The topological polar surface area (TPSA) is 112 Å². The van der Waals surface area contributed by atoms with E-state index in [9.17, 15) is 13.2 Å². The Morgan fingerprint density at radius 2 is 1.91 bits per heavy atom. The number of H-pyrrole nitrogens is 1. The Kier molecular flexibility index (Phi) is 6.11. The third-order valence-electron chi connectivity index (χ3n) is 6.06. The molecule has 0 atom stereocenters. The van der Waals surface area contributed by atoms with Gasteiger partial charge in [0.05, 0.1) is 11.9 Å². The van der Waals surface area contributed by atoms with E-state index in [2.05, 4.69) is 15.0 Å². The Labute approximate surface area is 201 Å². The second kappa shape index (κ2) is 9.06. The van der Waals surface area contributed by atoms with Crippen molar-refractivity contribution in [1.29, 1.82) is 0 Å². The lowest BCUT2D eigenvalue weighted by molar-refractivity contribution is 0.272. The fraction of sp³-hybridized carbons (Fsp3) is 0.348. The molecule has 5 rings (SSSR count). The van der Waals surface area contributed by atoms with Crippen molar-refractivity contribution in [2.45, 2.75) is 31.7 Å². The highest BCUT2D eigenvalue weighted by molar-refractivity contribution is 7.89. The average molecular weight is 500 g/mol. The first-order chi connectivity index (χ1) is 16.3. The molecule has 34 heavy (non-hydrogen) atoms. The van der Waals surface area contributed by atoms with Crippen LogP contribution in [0.4, 0.5) is 0 Å². The number of aromatic amines is 1. The van der Waals surface area contributed by atoms with Crippen molar-refractivity contribution in [2.24, 2.45) is 0 Å². The van der Waals surface area contributed by atoms with Gasteiger partial charge in [-0.2, -0.15) is 4.31 Å². The summed E-state index contributed by atoms with van der Waals surface area (Å²) in [5, 5.41) is 6.37. The molecule has 1 fully saturated rings. The molecule has 11 heteroatoms. The van der Waals surface area contributed by atoms with E-state index >= 15 is 0 Å². The monoisotopic (exact) mass is 499 g/mol. The lowest BCUT2D eigenvalue weighted by Crippen LogP contribution is -2.35. The predicted octanol–water partition coefficient (Wildman–Crippen LogP) is 3.15. The van der Waals surface area contributed by atoms with Gasteiger partial charge in [-0.15, -0.1) is 11.3 Å². The normalized spacial score (nSPS) is 16.2. The standard InChI is InChI=1S/C23H25N5O4S2/c1-15-21(16(2)32-26-15)34(30,31)28-10-6-9-27(11-12-28)13-19-24-22(29)20-18(14-33-23(20)25-19)17-7-4-3-5-8-17/h3-5,7-8,14H,6,9-13H2,1-2H3,(H,24,25,29). The fourth-order valence-corrected chi connectivity index (χ4v) is 7.16. The van der Waals surface area contributed by atoms with Crippen LogP contribution in [0.25, 0.3) is 21.3 Å². The minimum Gasteiger partial charge on any atom is -0.360 e. The van der Waals surface area contributed by atoms with Crippen LogP contribution in [0.5, 0.6) is 0 Å². The highest BCUT2D eigenvalue weighted by Crippen LogP contribution is 2.30. The second-order valence-electron chi connectivity index (χ2n) is 8.40. The van der Waals surface area contributed by atoms with E-state index in [-0.39, 0.29) is 10.5 Å². The summed E-state index contributed by atoms with van der Waals surface area (Å²) in [7, 11) is -3.68. The number of sulfonamides is 1. The minimum absolute atomic E-state index is 0.155. The van der Waals surface area contributed by atoms with Crippen LogP contribution in [-0.2, 0) is 16.6 Å². The van der Waals surface area contributed by atoms with E-state index in [1.165, 1.54) is 15.6 Å². The van der Waals surface area contributed by atoms with Gasteiger partial charge < -0.3 is 9.51 Å². The van der Waals surface area contributed by atoms with Gasteiger partial charge in [0.1, 0.15) is 21.2 Å². The van der Waals surface area contributed by atoms with Gasteiger partial charge in [-0.05, 0) is 32.4 Å². The molecule has 1 aliphatic heterocycles. The van der Waals surface area contributed by atoms with Crippen molar-refractivity contribution >= 4 is 31.6 Å². The first kappa shape index (κ1) is 22.9. The number of nitrogens with zero attached hydrogens (tertiary/aromatic N) is 4. The molecular weight excluding hydrogens is 474 g/mol. The summed E-state index contributed by atoms with van der Waals surface area (Å²) >= 11 is 1.46. The highest BCUT2D eigenvalue weighted by atomic mass is 32.2. The van der Waals surface area contributed by atoms with Gasteiger partial charge in [0.2, 0.25) is 10.0 Å². The largest absolute Gasteiger partial charge is 0.360 e. The molecule has 4 aromatic rings. The van der Waals surface area contributed by atoms with Crippen molar-refractivity contribution < 1.29 is 12.9 Å². The Hall–Kier alpha value is -2.86. The van der Waals surface area contributed by atoms with Crippen LogP contribution in [0.1, 0.15) is 23.7 Å². The molecule has 0 saturated carbocycles. The van der Waals surface area contributed by atoms with Crippen LogP contribution >= 0.6 is 11.3 Å². The molecule has 0 unspecified atom stereocenters. The zero-order valence-corrected chi connectivity index (χ0v) is 20.6. The Balaban J connectivity index is 1.34. The number of aryl methyl sites for hydroxylation is 2. The Bertz CT molecular complexity index is 1470. The first-order valence-corrected chi connectivity index (χ1v) is 13.4. The lowest BCUT2D eigenvalue weighted by Gasteiger charge is -2.21. The number of nitrogens with one attached hydrogen (secondary N) is 1. The molecular formula is C23H25N5O4S2. The zero-order valence-electron chi connectivity index (χ0n) is 18.9. The number of aromatic nitrogens is 3. The molecule has 0 radical (unpaired) electrons. The molecule has 178 valence electrons. The van der Waals surface area contributed by atoms with Crippen LogP contribution < -0.4 is 5.56 Å². The summed E-state index contributed by atoms with van der Waals surface area (Å²) < 4.78 is 32.9. The molecule has 1 saturated heterocycles. The minimum atomic E-state index is -3.68. The zero-order chi connectivity index (χ0) is 23.9. The van der Waals surface area contributed by atoms with E-state index in [1.807, 2.05) is 35.7 Å². The number of thiophene rings is 1. The molecule has 4 heterocycles. The van der Waals surface area contributed by atoms with Crippen LogP contribution in [0.2, 0.25) is 0 Å². The van der Waals surface area contributed by atoms with Crippen LogP contribution in [-0.4, -0.2) is 58.9 Å². The number of rotatable bonds is 5. The number of fused-ring (bicyclic) bond motifs is 1. The molecule has 3 aromatic heterocycles. The quantitative estimate of drug-likeness (QED) is 0.449. The van der Waals surface area contributed by atoms with Crippen LogP contribution in [0.3, 0.4) is 0 Å². The summed E-state index contributed by atoms with van der Waals surface area (Å²) in [5.74, 6) is 0.889. The summed E-state index contributed by atoms with van der Waals surface area (Å²) in [5.41, 5.74) is 2.09. The fourth-order valence-electron chi connectivity index (χ4n) is 4.43. The Morgan fingerprint density at radius 1 is 1.12 bits per heavy atom. The van der Waals surface area contributed by atoms with Crippen LogP contribution in [0.15, 0.2) is 49.9 Å². The van der Waals surface area contributed by atoms with Gasteiger partial charge in [-0.3, -0.25) is 9.69 Å². The van der Waals surface area contributed by atoms with Crippen molar-refractivity contribution in [3.05, 3.63) is 63.3 Å². The summed E-state index contributed by atoms with van der Waals surface area (Å²) in [4.78, 5) is 23.6. The van der Waals surface area contributed by atoms with Gasteiger partial charge in [-0.25, -0.2) is 13.4 Å². The summed E-state index contributed by atoms with van der Waals surface area (Å²) in [6, 6.07) is 9.80. The molecule has 1 aromatic carbocycles. The van der Waals surface area contributed by atoms with Crippen molar-refractivity contribution in [3.63, 3.8) is 0 Å². The Morgan fingerprint density at radius 3 is 2.65 bits per heavy atom. The maximum absolute atomic E-state index is 13.2. The molecule has 9 nitrogen and oxygen atoms in total. The van der Waals surface area contributed by atoms with E-state index < -0.39 is 10.0 Å². The highest BCUT2D eigenvalue weighted by Gasteiger charge is 2.32. The third-order valence-corrected chi connectivity index (χ3v) is 9.08. The van der Waals surface area contributed by atoms with Crippen molar-refractivity contribution in [3.8, 4) is 11.1 Å². The number of hydrogen-bond donors (Lipinski definition) is 1. The number of hydrogen-bond acceptors (Lipinski definition) is 8. The molecule has 0 aliphatic carbocycles. The third kappa shape index (κ3) is 4.20. The molecule has 0 bridgehead atoms. The SMILES string of the molecule is Cc1noc(C)c1S(=O)(=O)N1CCCN(Cc2nc3scc(-c4ccccc4)c3c(=O)[nH]2)CC1. The van der Waals surface area contributed by atoms with E-state index in [0.717, 1.165) is 11.1 Å². The van der Waals surface area contributed by atoms with Gasteiger partial charge in [0.15, 0.2) is 5.76 Å². The van der Waals surface area contributed by atoms with E-state index in [1.54, 1.807) is 13.8 Å². The summed E-state index contributed by atoms with van der Waals surface area (Å²) in [6.07, 6.45) is 0.673. The smallest absolute Gasteiger partial charge is 0.260 e. The number of benzene rings is 1. The van der Waals surface area contributed by atoms with E-state index in [0.29, 0.717) is 66.6 Å². The molecule has 0 spiro atoms. The molecule has 0 amide bonds. The van der Waals surface area contributed by atoms with Crippen molar-refractivity contribution in [2.75, 3.05) is 26.2 Å². The van der Waals surface area contributed by atoms with Crippen LogP contribution in [0, 0.1) is 13.8 Å². The van der Waals surface area contributed by atoms with E-state index in [4.69, 9.17) is 9.51 Å². The molecule has 1 N–H and O–H groups in total. The lowest BCUT2D eigenvalue weighted by atomic mass is 10.1. The maximum Gasteiger partial charge on any atom is 0.260 e. The van der Waals surface area contributed by atoms with Gasteiger partial charge in [-0.1, -0.05) is 35.5 Å². The van der Waals surface area contributed by atoms with Gasteiger partial charge in [0.25, 0.3) is 5.56 Å². The molecule has 1 aliphatic rings. The van der Waals surface area contributed by atoms with Gasteiger partial charge in [0, 0.05) is 30.6 Å². The van der Waals surface area contributed by atoms with Crippen molar-refractivity contribution in [1.82, 2.24) is 24.3 Å². The van der Waals surface area contributed by atoms with Gasteiger partial charge >= 0.3 is 0 Å². The predicted molar refractivity (Wildman–Crippen MR) is 130 cm³/mol.